The number of carbonyl (C=O) groups excluding carboxylic acids is 1. The van der Waals surface area contributed by atoms with Crippen molar-refractivity contribution in [2.24, 2.45) is 0 Å². The molecular formula is C13H22N2OS. The molecule has 1 aromatic rings. The number of rotatable bonds is 6. The van der Waals surface area contributed by atoms with Crippen molar-refractivity contribution in [2.75, 3.05) is 11.9 Å². The topological polar surface area (TPSA) is 33.2 Å². The molecule has 1 atom stereocenters. The molecular weight excluding hydrogens is 232 g/mol. The first-order valence-corrected chi connectivity index (χ1v) is 7.01. The summed E-state index contributed by atoms with van der Waals surface area (Å²) in [4.78, 5) is 18.6. The van der Waals surface area contributed by atoms with Gasteiger partial charge in [-0.05, 0) is 19.3 Å². The van der Waals surface area contributed by atoms with Gasteiger partial charge in [-0.3, -0.25) is 4.79 Å². The van der Waals surface area contributed by atoms with Crippen LogP contribution in [0.25, 0.3) is 0 Å². The fourth-order valence-electron chi connectivity index (χ4n) is 1.78. The minimum Gasteiger partial charge on any atom is -0.348 e. The van der Waals surface area contributed by atoms with Crippen LogP contribution in [0, 0.1) is 0 Å². The Morgan fingerprint density at radius 3 is 2.47 bits per heavy atom. The summed E-state index contributed by atoms with van der Waals surface area (Å²) in [5, 5.41) is 0.955. The van der Waals surface area contributed by atoms with Crippen LogP contribution < -0.4 is 4.90 Å². The molecule has 1 aromatic heterocycles. The third-order valence-electron chi connectivity index (χ3n) is 2.99. The number of hydrogen-bond donors (Lipinski definition) is 0. The van der Waals surface area contributed by atoms with Crippen LogP contribution in [-0.2, 0) is 0 Å². The number of nitrogens with zero attached hydrogens (tertiary/aromatic N) is 2. The zero-order valence-corrected chi connectivity index (χ0v) is 12.2. The van der Waals surface area contributed by atoms with Gasteiger partial charge < -0.3 is 4.90 Å². The monoisotopic (exact) mass is 254 g/mol. The molecule has 0 saturated heterocycles. The number of hydrogen-bond acceptors (Lipinski definition) is 4. The molecule has 1 unspecified atom stereocenters. The zero-order chi connectivity index (χ0) is 13.0. The molecule has 0 fully saturated rings. The van der Waals surface area contributed by atoms with E-state index in [4.69, 9.17) is 0 Å². The fraction of sp³-hybridized carbons (Fsp3) is 0.692. The van der Waals surface area contributed by atoms with Gasteiger partial charge in [0.05, 0.1) is 10.6 Å². The first-order chi connectivity index (χ1) is 8.01. The molecule has 0 aromatic carbocycles. The Hall–Kier alpha value is -0.900. The van der Waals surface area contributed by atoms with Gasteiger partial charge in [0.25, 0.3) is 0 Å². The predicted octanol–water partition coefficient (Wildman–Crippen LogP) is 3.70. The van der Waals surface area contributed by atoms with Gasteiger partial charge in [0.2, 0.25) is 0 Å². The Labute approximate surface area is 108 Å². The molecule has 0 aliphatic heterocycles. The highest BCUT2D eigenvalue weighted by molar-refractivity contribution is 7.17. The summed E-state index contributed by atoms with van der Waals surface area (Å²) in [7, 11) is 2.05. The first kappa shape index (κ1) is 14.2. The normalized spacial score (nSPS) is 12.8. The number of aromatic nitrogens is 1. The Balaban J connectivity index is 2.95. The van der Waals surface area contributed by atoms with Crippen molar-refractivity contribution < 1.29 is 4.79 Å². The molecule has 4 heteroatoms. The van der Waals surface area contributed by atoms with Crippen LogP contribution in [0.3, 0.4) is 0 Å². The van der Waals surface area contributed by atoms with Crippen LogP contribution >= 0.6 is 11.3 Å². The summed E-state index contributed by atoms with van der Waals surface area (Å²) < 4.78 is 0. The molecule has 1 heterocycles. The third kappa shape index (κ3) is 3.28. The molecule has 0 amide bonds. The average Bonchev–Trinajstić information content (AvgIpc) is 2.72. The highest BCUT2D eigenvalue weighted by Gasteiger charge is 2.18. The van der Waals surface area contributed by atoms with E-state index in [1.807, 2.05) is 0 Å². The minimum atomic E-state index is 0.301. The molecule has 0 aliphatic rings. The van der Waals surface area contributed by atoms with Crippen LogP contribution in [0.1, 0.15) is 61.8 Å². The highest BCUT2D eigenvalue weighted by atomic mass is 32.1. The second-order valence-corrected chi connectivity index (χ2v) is 5.78. The summed E-state index contributed by atoms with van der Waals surface area (Å²) in [5.74, 6) is 0.301. The van der Waals surface area contributed by atoms with Gasteiger partial charge >= 0.3 is 0 Å². The van der Waals surface area contributed by atoms with E-state index >= 15 is 0 Å². The van der Waals surface area contributed by atoms with E-state index in [1.165, 1.54) is 11.3 Å². The predicted molar refractivity (Wildman–Crippen MR) is 74.4 cm³/mol. The molecule has 0 N–H and O–H groups in total. The largest absolute Gasteiger partial charge is 0.348 e. The Bertz CT molecular complexity index is 373. The number of carbonyl (C=O) groups is 1. The fourth-order valence-corrected chi connectivity index (χ4v) is 2.88. The van der Waals surface area contributed by atoms with Gasteiger partial charge in [-0.25, -0.2) is 4.98 Å². The van der Waals surface area contributed by atoms with E-state index in [0.29, 0.717) is 12.0 Å². The summed E-state index contributed by atoms with van der Waals surface area (Å²) >= 11 is 1.50. The van der Waals surface area contributed by atoms with Crippen LogP contribution in [0.5, 0.6) is 0 Å². The van der Waals surface area contributed by atoms with Crippen molar-refractivity contribution in [2.45, 2.75) is 52.5 Å². The molecule has 0 bridgehead atoms. The Morgan fingerprint density at radius 1 is 1.41 bits per heavy atom. The molecule has 96 valence electrons. The smallest absolute Gasteiger partial charge is 0.186 e. The summed E-state index contributed by atoms with van der Waals surface area (Å²) in [6, 6.07) is 0.464. The van der Waals surface area contributed by atoms with Crippen molar-refractivity contribution in [1.29, 1.82) is 0 Å². The molecule has 0 saturated carbocycles. The van der Waals surface area contributed by atoms with Gasteiger partial charge in [-0.2, -0.15) is 0 Å². The van der Waals surface area contributed by atoms with Gasteiger partial charge in [-0.15, -0.1) is 0 Å². The van der Waals surface area contributed by atoms with Crippen LogP contribution in [-0.4, -0.2) is 24.4 Å². The summed E-state index contributed by atoms with van der Waals surface area (Å²) in [6.07, 6.45) is 3.23. The van der Waals surface area contributed by atoms with Gasteiger partial charge in [-0.1, -0.05) is 38.5 Å². The van der Waals surface area contributed by atoms with E-state index in [1.54, 1.807) is 0 Å². The number of thiazole rings is 1. The zero-order valence-electron chi connectivity index (χ0n) is 11.4. The number of aldehydes is 1. The molecule has 3 nitrogen and oxygen atoms in total. The minimum absolute atomic E-state index is 0.301. The second-order valence-electron chi connectivity index (χ2n) is 4.77. The number of anilines is 1. The molecule has 0 aliphatic carbocycles. The standard InChI is InChI=1S/C13H22N2OS/c1-6-7-10(4)15(5)13-14-12(9(2)3)11(8-16)17-13/h8-10H,6-7H2,1-5H3. The van der Waals surface area contributed by atoms with Gasteiger partial charge in [0, 0.05) is 13.1 Å². The lowest BCUT2D eigenvalue weighted by Crippen LogP contribution is -2.28. The highest BCUT2D eigenvalue weighted by Crippen LogP contribution is 2.30. The Kier molecular flexibility index (Phi) is 5.12. The van der Waals surface area contributed by atoms with E-state index < -0.39 is 0 Å². The Morgan fingerprint density at radius 2 is 2.06 bits per heavy atom. The lowest BCUT2D eigenvalue weighted by atomic mass is 10.1. The van der Waals surface area contributed by atoms with E-state index in [9.17, 15) is 4.79 Å². The molecule has 0 spiro atoms. The lowest BCUT2D eigenvalue weighted by Gasteiger charge is -2.23. The van der Waals surface area contributed by atoms with Crippen molar-refractivity contribution in [3.63, 3.8) is 0 Å². The summed E-state index contributed by atoms with van der Waals surface area (Å²) in [6.45, 7) is 8.52. The molecule has 1 rings (SSSR count). The quantitative estimate of drug-likeness (QED) is 0.726. The van der Waals surface area contributed by atoms with E-state index in [-0.39, 0.29) is 0 Å². The van der Waals surface area contributed by atoms with Crippen LogP contribution in [0.15, 0.2) is 0 Å². The maximum absolute atomic E-state index is 11.0. The van der Waals surface area contributed by atoms with Crippen molar-refractivity contribution >= 4 is 22.8 Å². The lowest BCUT2D eigenvalue weighted by molar-refractivity contribution is 0.112. The molecule has 0 radical (unpaired) electrons. The van der Waals surface area contributed by atoms with E-state index in [2.05, 4.69) is 44.6 Å². The SMILES string of the molecule is CCCC(C)N(C)c1nc(C(C)C)c(C=O)s1. The second kappa shape index (κ2) is 6.15. The average molecular weight is 254 g/mol. The first-order valence-electron chi connectivity index (χ1n) is 6.19. The van der Waals surface area contributed by atoms with Gasteiger partial charge in [0.1, 0.15) is 0 Å². The maximum Gasteiger partial charge on any atom is 0.186 e. The summed E-state index contributed by atoms with van der Waals surface area (Å²) in [5.41, 5.74) is 0.926. The molecule has 17 heavy (non-hydrogen) atoms. The third-order valence-corrected chi connectivity index (χ3v) is 4.08. The van der Waals surface area contributed by atoms with Crippen molar-refractivity contribution in [1.82, 2.24) is 4.98 Å². The van der Waals surface area contributed by atoms with Crippen molar-refractivity contribution in [3.8, 4) is 0 Å². The maximum atomic E-state index is 11.0. The van der Waals surface area contributed by atoms with E-state index in [0.717, 1.165) is 34.8 Å². The van der Waals surface area contributed by atoms with Crippen LogP contribution in [0.4, 0.5) is 5.13 Å². The van der Waals surface area contributed by atoms with Gasteiger partial charge in [0.15, 0.2) is 11.4 Å². The van der Waals surface area contributed by atoms with Crippen LogP contribution in [0.2, 0.25) is 0 Å². The van der Waals surface area contributed by atoms with Crippen molar-refractivity contribution in [3.05, 3.63) is 10.6 Å².